The number of hydrogen-bond acceptors (Lipinski definition) is 2. The van der Waals surface area contributed by atoms with Crippen LogP contribution in [0.3, 0.4) is 0 Å². The summed E-state index contributed by atoms with van der Waals surface area (Å²) in [5.74, 6) is 0. The van der Waals surface area contributed by atoms with Crippen molar-refractivity contribution in [3.63, 3.8) is 0 Å². The van der Waals surface area contributed by atoms with E-state index in [1.165, 1.54) is 0 Å². The molecule has 0 atom stereocenters. The largest absolute Gasteiger partial charge is 0.306 e. The van der Waals surface area contributed by atoms with E-state index in [1.54, 1.807) is 0 Å². The molecule has 1 heterocycles. The maximum absolute atomic E-state index is 3.67. The molecule has 0 saturated heterocycles. The lowest BCUT2D eigenvalue weighted by Gasteiger charge is -2.40. The van der Waals surface area contributed by atoms with Gasteiger partial charge in [0.1, 0.15) is 0 Å². The van der Waals surface area contributed by atoms with Crippen LogP contribution in [0.25, 0.3) is 0 Å². The average Bonchev–Trinajstić information content (AvgIpc) is 2.73. The van der Waals surface area contributed by atoms with Crippen LogP contribution in [0.5, 0.6) is 0 Å². The Hall–Kier alpha value is -2.56. The smallest absolute Gasteiger partial charge is 0.0714 e. The van der Waals surface area contributed by atoms with Crippen molar-refractivity contribution >= 4 is 66.0 Å². The Morgan fingerprint density at radius 3 is 1.25 bits per heavy atom. The Labute approximate surface area is 181 Å². The molecule has 4 aromatic rings. The van der Waals surface area contributed by atoms with E-state index in [-0.39, 0.29) is 0 Å². The van der Waals surface area contributed by atoms with Gasteiger partial charge < -0.3 is 9.80 Å². The first-order valence-corrected chi connectivity index (χ1v) is 10.6. The minimum atomic E-state index is 1.05. The van der Waals surface area contributed by atoms with Crippen LogP contribution in [-0.2, 0) is 0 Å². The van der Waals surface area contributed by atoms with Gasteiger partial charge in [-0.05, 0) is 60.7 Å². The van der Waals surface area contributed by atoms with Gasteiger partial charge in [-0.25, -0.2) is 0 Å². The standard InChI is InChI=1S/C24H16Br2N2/c25-17-11-13-21-23(15-17)28(20-9-5-2-6-10-20)24-16-18(26)12-14-22(24)27(21)19-7-3-1-4-8-19/h1-16H. The minimum absolute atomic E-state index is 1.05. The first-order valence-electron chi connectivity index (χ1n) is 9.02. The van der Waals surface area contributed by atoms with E-state index in [9.17, 15) is 0 Å². The van der Waals surface area contributed by atoms with Crippen molar-refractivity contribution in [1.82, 2.24) is 0 Å². The molecule has 0 radical (unpaired) electrons. The van der Waals surface area contributed by atoms with E-state index >= 15 is 0 Å². The van der Waals surface area contributed by atoms with E-state index in [2.05, 4.69) is 133 Å². The van der Waals surface area contributed by atoms with Crippen LogP contribution in [0.15, 0.2) is 106 Å². The SMILES string of the molecule is Brc1ccc2c(c1)N(c1ccccc1)c1cc(Br)ccc1N2c1ccccc1. The summed E-state index contributed by atoms with van der Waals surface area (Å²) in [7, 11) is 0. The van der Waals surface area contributed by atoms with Gasteiger partial charge >= 0.3 is 0 Å². The highest BCUT2D eigenvalue weighted by Gasteiger charge is 2.30. The second-order valence-corrected chi connectivity index (χ2v) is 8.44. The van der Waals surface area contributed by atoms with Crippen molar-refractivity contribution in [2.75, 3.05) is 9.80 Å². The second kappa shape index (κ2) is 7.12. The third kappa shape index (κ3) is 2.93. The van der Waals surface area contributed by atoms with E-state index in [0.29, 0.717) is 0 Å². The van der Waals surface area contributed by atoms with E-state index in [0.717, 1.165) is 43.1 Å². The summed E-state index contributed by atoms with van der Waals surface area (Å²) < 4.78 is 2.11. The van der Waals surface area contributed by atoms with Crippen LogP contribution in [0.1, 0.15) is 0 Å². The van der Waals surface area contributed by atoms with Gasteiger partial charge in [-0.3, -0.25) is 0 Å². The fourth-order valence-corrected chi connectivity index (χ4v) is 4.40. The number of fused-ring (bicyclic) bond motifs is 2. The molecule has 2 nitrogen and oxygen atoms in total. The molecule has 0 saturated carbocycles. The van der Waals surface area contributed by atoms with Crippen LogP contribution in [0.2, 0.25) is 0 Å². The van der Waals surface area contributed by atoms with Gasteiger partial charge in [0, 0.05) is 20.3 Å². The molecule has 4 heteroatoms. The maximum Gasteiger partial charge on any atom is 0.0714 e. The zero-order chi connectivity index (χ0) is 19.1. The zero-order valence-electron chi connectivity index (χ0n) is 14.9. The molecule has 4 aromatic carbocycles. The number of nitrogens with zero attached hydrogens (tertiary/aromatic N) is 2. The van der Waals surface area contributed by atoms with Crippen molar-refractivity contribution in [3.8, 4) is 0 Å². The van der Waals surface area contributed by atoms with Crippen LogP contribution in [-0.4, -0.2) is 0 Å². The van der Waals surface area contributed by atoms with Crippen LogP contribution in [0, 0.1) is 0 Å². The van der Waals surface area contributed by atoms with Gasteiger partial charge in [-0.2, -0.15) is 0 Å². The lowest BCUT2D eigenvalue weighted by Crippen LogP contribution is -2.24. The van der Waals surface area contributed by atoms with Crippen LogP contribution >= 0.6 is 31.9 Å². The quantitative estimate of drug-likeness (QED) is 0.244. The Balaban J connectivity index is 1.84. The Kier molecular flexibility index (Phi) is 4.46. The zero-order valence-corrected chi connectivity index (χ0v) is 18.1. The molecule has 0 spiro atoms. The van der Waals surface area contributed by atoms with Crippen molar-refractivity contribution in [2.24, 2.45) is 0 Å². The minimum Gasteiger partial charge on any atom is -0.306 e. The summed E-state index contributed by atoms with van der Waals surface area (Å²) in [6, 6.07) is 33.9. The topological polar surface area (TPSA) is 6.48 Å². The Morgan fingerprint density at radius 2 is 0.821 bits per heavy atom. The molecule has 0 aliphatic carbocycles. The Morgan fingerprint density at radius 1 is 0.429 bits per heavy atom. The highest BCUT2D eigenvalue weighted by atomic mass is 79.9. The number of rotatable bonds is 2. The molecule has 0 N–H and O–H groups in total. The summed E-state index contributed by atoms with van der Waals surface area (Å²) in [6.07, 6.45) is 0. The fraction of sp³-hybridized carbons (Fsp3) is 0. The van der Waals surface area contributed by atoms with Crippen molar-refractivity contribution in [2.45, 2.75) is 0 Å². The fourth-order valence-electron chi connectivity index (χ4n) is 3.70. The highest BCUT2D eigenvalue weighted by Crippen LogP contribution is 2.54. The molecular weight excluding hydrogens is 476 g/mol. The summed E-state index contributed by atoms with van der Waals surface area (Å²) in [5.41, 5.74) is 6.84. The van der Waals surface area contributed by atoms with E-state index in [1.807, 2.05) is 6.07 Å². The average molecular weight is 492 g/mol. The van der Waals surface area contributed by atoms with Gasteiger partial charge in [0.25, 0.3) is 0 Å². The van der Waals surface area contributed by atoms with E-state index < -0.39 is 0 Å². The number of para-hydroxylation sites is 2. The predicted molar refractivity (Wildman–Crippen MR) is 125 cm³/mol. The molecule has 1 aliphatic rings. The van der Waals surface area contributed by atoms with Crippen molar-refractivity contribution in [3.05, 3.63) is 106 Å². The third-order valence-electron chi connectivity index (χ3n) is 4.87. The van der Waals surface area contributed by atoms with Gasteiger partial charge in [-0.15, -0.1) is 0 Å². The van der Waals surface area contributed by atoms with Crippen LogP contribution < -0.4 is 9.80 Å². The molecule has 28 heavy (non-hydrogen) atoms. The summed E-state index contributed by atoms with van der Waals surface area (Å²) in [6.45, 7) is 0. The normalized spacial score (nSPS) is 12.5. The molecular formula is C24H16Br2N2. The van der Waals surface area contributed by atoms with Gasteiger partial charge in [0.05, 0.1) is 22.7 Å². The number of halogens is 2. The third-order valence-corrected chi connectivity index (χ3v) is 5.85. The molecule has 136 valence electrons. The van der Waals surface area contributed by atoms with Gasteiger partial charge in [-0.1, -0.05) is 68.3 Å². The second-order valence-electron chi connectivity index (χ2n) is 6.61. The molecule has 0 amide bonds. The molecule has 0 unspecified atom stereocenters. The number of benzene rings is 4. The highest BCUT2D eigenvalue weighted by molar-refractivity contribution is 9.10. The molecule has 5 rings (SSSR count). The maximum atomic E-state index is 3.67. The van der Waals surface area contributed by atoms with Crippen molar-refractivity contribution < 1.29 is 0 Å². The first-order chi connectivity index (χ1) is 13.7. The lowest BCUT2D eigenvalue weighted by molar-refractivity contribution is 1.16. The monoisotopic (exact) mass is 490 g/mol. The van der Waals surface area contributed by atoms with Crippen molar-refractivity contribution in [1.29, 1.82) is 0 Å². The Bertz CT molecular complexity index is 1090. The first kappa shape index (κ1) is 17.5. The molecule has 0 fully saturated rings. The summed E-state index contributed by atoms with van der Waals surface area (Å²) in [5, 5.41) is 0. The number of hydrogen-bond donors (Lipinski definition) is 0. The van der Waals surface area contributed by atoms with Crippen LogP contribution in [0.4, 0.5) is 34.1 Å². The summed E-state index contributed by atoms with van der Waals surface area (Å²) in [4.78, 5) is 4.64. The van der Waals surface area contributed by atoms with Gasteiger partial charge in [0.15, 0.2) is 0 Å². The van der Waals surface area contributed by atoms with E-state index in [4.69, 9.17) is 0 Å². The number of anilines is 6. The lowest BCUT2D eigenvalue weighted by atomic mass is 10.0. The molecule has 1 aliphatic heterocycles. The molecule has 0 aromatic heterocycles. The molecule has 0 bridgehead atoms. The summed E-state index contributed by atoms with van der Waals surface area (Å²) >= 11 is 7.33. The van der Waals surface area contributed by atoms with Gasteiger partial charge in [0.2, 0.25) is 0 Å². The predicted octanol–water partition coefficient (Wildman–Crippen LogP) is 8.46.